The summed E-state index contributed by atoms with van der Waals surface area (Å²) < 4.78 is 5.81. The molecular formula is C56H99NO5. The number of carbonyl (C=O) groups excluding carboxylic acids is 2. The molecule has 3 atom stereocenters. The monoisotopic (exact) mass is 866 g/mol. The lowest BCUT2D eigenvalue weighted by molar-refractivity contribution is -0.148. The first-order valence-electron chi connectivity index (χ1n) is 26.2. The second-order valence-electron chi connectivity index (χ2n) is 17.5. The van der Waals surface area contributed by atoms with E-state index in [9.17, 15) is 19.8 Å². The second-order valence-corrected chi connectivity index (χ2v) is 17.5. The smallest absolute Gasteiger partial charge is 0.306 e. The number of hydrogen-bond acceptors (Lipinski definition) is 5. The summed E-state index contributed by atoms with van der Waals surface area (Å²) in [5.74, 6) is -0.640. The van der Waals surface area contributed by atoms with Gasteiger partial charge in [-0.15, -0.1) is 0 Å². The van der Waals surface area contributed by atoms with E-state index < -0.39 is 18.2 Å². The molecule has 3 N–H and O–H groups in total. The number of ether oxygens (including phenoxy) is 1. The van der Waals surface area contributed by atoms with Crippen LogP contribution in [0.4, 0.5) is 0 Å². The standard InChI is InChI=1S/C56H99NO5/c1-4-7-10-13-16-19-22-24-26-28-30-33-36-39-42-45-48-54(59)53(51-58)57-55(60)50-52(47-44-41-38-35-32-21-18-15-12-9-6-3)62-56(61)49-46-43-40-37-34-31-29-27-25-23-20-17-14-11-8-5-2/h8,11,17,20,25,27,31,34-35,38,44,47,52-54,58-59H,4-7,9-10,12-16,18-19,21-24,26,28-30,32-33,36-37,39-43,45-46,48-51H2,1-3H3,(H,57,60)/b11-8+,20-17+,27-25+,34-31+,38-35-,47-44+. The molecule has 0 saturated carbocycles. The van der Waals surface area contributed by atoms with Crippen molar-refractivity contribution >= 4 is 11.9 Å². The van der Waals surface area contributed by atoms with Crippen LogP contribution in [0.5, 0.6) is 0 Å². The lowest BCUT2D eigenvalue weighted by atomic mass is 10.0. The first-order valence-corrected chi connectivity index (χ1v) is 26.2. The molecule has 6 nitrogen and oxygen atoms in total. The molecule has 6 heteroatoms. The van der Waals surface area contributed by atoms with E-state index >= 15 is 0 Å². The fourth-order valence-corrected chi connectivity index (χ4v) is 7.56. The molecule has 0 fully saturated rings. The molecule has 0 aliphatic carbocycles. The molecule has 0 aromatic heterocycles. The van der Waals surface area contributed by atoms with Crippen LogP contribution in [0, 0.1) is 0 Å². The van der Waals surface area contributed by atoms with Crippen LogP contribution in [0.25, 0.3) is 0 Å². The van der Waals surface area contributed by atoms with Crippen LogP contribution < -0.4 is 5.32 Å². The number of aliphatic hydroxyl groups excluding tert-OH is 2. The summed E-state index contributed by atoms with van der Waals surface area (Å²) >= 11 is 0. The van der Waals surface area contributed by atoms with Gasteiger partial charge in [0.25, 0.3) is 0 Å². The highest BCUT2D eigenvalue weighted by molar-refractivity contribution is 5.78. The van der Waals surface area contributed by atoms with Crippen molar-refractivity contribution in [3.63, 3.8) is 0 Å². The number of esters is 1. The molecule has 0 aromatic carbocycles. The van der Waals surface area contributed by atoms with Gasteiger partial charge in [0, 0.05) is 6.42 Å². The number of hydrogen-bond donors (Lipinski definition) is 3. The van der Waals surface area contributed by atoms with Gasteiger partial charge in [-0.05, 0) is 76.7 Å². The minimum atomic E-state index is -0.819. The number of nitrogens with one attached hydrogen (secondary N) is 1. The Hall–Kier alpha value is -2.70. The van der Waals surface area contributed by atoms with E-state index in [-0.39, 0.29) is 24.9 Å². The quantitative estimate of drug-likeness (QED) is 0.0322. The van der Waals surface area contributed by atoms with Gasteiger partial charge in [0.2, 0.25) is 5.91 Å². The van der Waals surface area contributed by atoms with Crippen LogP contribution in [-0.4, -0.2) is 46.9 Å². The normalized spacial score (nSPS) is 13.8. The molecule has 62 heavy (non-hydrogen) atoms. The number of aliphatic hydroxyl groups is 2. The summed E-state index contributed by atoms with van der Waals surface area (Å²) in [5.41, 5.74) is 0. The van der Waals surface area contributed by atoms with Crippen LogP contribution in [0.1, 0.15) is 245 Å². The maximum absolute atomic E-state index is 13.2. The minimum absolute atomic E-state index is 0.0438. The molecule has 3 unspecified atom stereocenters. The number of unbranched alkanes of at least 4 members (excludes halogenated alkanes) is 24. The highest BCUT2D eigenvalue weighted by Crippen LogP contribution is 2.16. The molecule has 0 radical (unpaired) electrons. The molecule has 0 heterocycles. The third kappa shape index (κ3) is 43.9. The Labute approximate surface area is 383 Å². The maximum Gasteiger partial charge on any atom is 0.306 e. The number of rotatable bonds is 46. The number of carbonyl (C=O) groups is 2. The summed E-state index contributed by atoms with van der Waals surface area (Å²) in [6.07, 6.45) is 62.8. The Bertz CT molecular complexity index is 1150. The van der Waals surface area contributed by atoms with E-state index in [2.05, 4.69) is 86.8 Å². The van der Waals surface area contributed by atoms with Gasteiger partial charge in [-0.3, -0.25) is 9.59 Å². The highest BCUT2D eigenvalue weighted by atomic mass is 16.5. The van der Waals surface area contributed by atoms with Crippen molar-refractivity contribution < 1.29 is 24.5 Å². The molecule has 0 aliphatic rings. The van der Waals surface area contributed by atoms with E-state index in [4.69, 9.17) is 4.74 Å². The molecular weight excluding hydrogens is 767 g/mol. The van der Waals surface area contributed by atoms with Gasteiger partial charge in [0.15, 0.2) is 0 Å². The van der Waals surface area contributed by atoms with Gasteiger partial charge < -0.3 is 20.3 Å². The van der Waals surface area contributed by atoms with Crippen LogP contribution in [0.2, 0.25) is 0 Å². The third-order valence-electron chi connectivity index (χ3n) is 11.5. The average Bonchev–Trinajstić information content (AvgIpc) is 3.26. The van der Waals surface area contributed by atoms with Crippen molar-refractivity contribution in [2.24, 2.45) is 0 Å². The fraction of sp³-hybridized carbons (Fsp3) is 0.750. The SMILES string of the molecule is CC/C=C/C/C=C/C/C=C/C/C=C/CCCCCC(=O)OC(/C=C/C/C=C\CCCCCCCC)CC(=O)NC(CO)C(O)CCCCCCCCCCCCCCCCCC. The first kappa shape index (κ1) is 59.3. The van der Waals surface area contributed by atoms with Gasteiger partial charge in [-0.25, -0.2) is 0 Å². The maximum atomic E-state index is 13.2. The zero-order valence-corrected chi connectivity index (χ0v) is 40.7. The van der Waals surface area contributed by atoms with Gasteiger partial charge in [0.05, 0.1) is 25.2 Å². The Kier molecular flexibility index (Phi) is 47.2. The Morgan fingerprint density at radius 3 is 1.37 bits per heavy atom. The topological polar surface area (TPSA) is 95.9 Å². The van der Waals surface area contributed by atoms with Crippen molar-refractivity contribution in [1.29, 1.82) is 0 Å². The zero-order chi connectivity index (χ0) is 45.2. The van der Waals surface area contributed by atoms with Gasteiger partial charge in [-0.1, -0.05) is 229 Å². The van der Waals surface area contributed by atoms with Crippen molar-refractivity contribution in [3.8, 4) is 0 Å². The summed E-state index contributed by atoms with van der Waals surface area (Å²) in [4.78, 5) is 26.0. The molecule has 358 valence electrons. The Morgan fingerprint density at radius 1 is 0.500 bits per heavy atom. The van der Waals surface area contributed by atoms with E-state index in [1.807, 2.05) is 12.2 Å². The van der Waals surface area contributed by atoms with E-state index in [0.29, 0.717) is 19.3 Å². The molecule has 0 bridgehead atoms. The molecule has 0 aromatic rings. The van der Waals surface area contributed by atoms with E-state index in [0.717, 1.165) is 77.0 Å². The lowest BCUT2D eigenvalue weighted by Gasteiger charge is -2.23. The van der Waals surface area contributed by atoms with Crippen molar-refractivity contribution in [2.75, 3.05) is 6.61 Å². The van der Waals surface area contributed by atoms with E-state index in [1.54, 1.807) is 0 Å². The summed E-state index contributed by atoms with van der Waals surface area (Å²) in [6.45, 7) is 6.33. The molecule has 1 amide bonds. The summed E-state index contributed by atoms with van der Waals surface area (Å²) in [6, 6.07) is -0.741. The van der Waals surface area contributed by atoms with E-state index in [1.165, 1.54) is 122 Å². The lowest BCUT2D eigenvalue weighted by Crippen LogP contribution is -2.46. The molecule has 0 aliphatic heterocycles. The number of allylic oxidation sites excluding steroid dienone is 11. The zero-order valence-electron chi connectivity index (χ0n) is 40.7. The van der Waals surface area contributed by atoms with Crippen molar-refractivity contribution in [1.82, 2.24) is 5.32 Å². The fourth-order valence-electron chi connectivity index (χ4n) is 7.56. The molecule has 0 rings (SSSR count). The average molecular weight is 866 g/mol. The first-order chi connectivity index (χ1) is 30.5. The third-order valence-corrected chi connectivity index (χ3v) is 11.5. The van der Waals surface area contributed by atoms with Crippen LogP contribution >= 0.6 is 0 Å². The predicted octanol–water partition coefficient (Wildman–Crippen LogP) is 15.8. The molecule has 0 spiro atoms. The highest BCUT2D eigenvalue weighted by Gasteiger charge is 2.23. The summed E-state index contributed by atoms with van der Waals surface area (Å²) in [5, 5.41) is 23.7. The molecule has 0 saturated heterocycles. The Morgan fingerprint density at radius 2 is 0.903 bits per heavy atom. The Balaban J connectivity index is 4.62. The van der Waals surface area contributed by atoms with Crippen molar-refractivity contribution in [2.45, 2.75) is 264 Å². The van der Waals surface area contributed by atoms with Gasteiger partial charge >= 0.3 is 5.97 Å². The minimum Gasteiger partial charge on any atom is -0.458 e. The van der Waals surface area contributed by atoms with Gasteiger partial charge in [0.1, 0.15) is 6.10 Å². The largest absolute Gasteiger partial charge is 0.458 e. The van der Waals surface area contributed by atoms with Crippen LogP contribution in [-0.2, 0) is 14.3 Å². The second kappa shape index (κ2) is 49.3. The van der Waals surface area contributed by atoms with Gasteiger partial charge in [-0.2, -0.15) is 0 Å². The number of amides is 1. The van der Waals surface area contributed by atoms with Crippen molar-refractivity contribution in [3.05, 3.63) is 72.9 Å². The summed E-state index contributed by atoms with van der Waals surface area (Å²) in [7, 11) is 0. The predicted molar refractivity (Wildman–Crippen MR) is 268 cm³/mol. The van der Waals surface area contributed by atoms with Crippen LogP contribution in [0.3, 0.4) is 0 Å². The van der Waals surface area contributed by atoms with Crippen LogP contribution in [0.15, 0.2) is 72.9 Å².